The van der Waals surface area contributed by atoms with Gasteiger partial charge < -0.3 is 10.6 Å². The van der Waals surface area contributed by atoms with Crippen molar-refractivity contribution in [3.8, 4) is 0 Å². The van der Waals surface area contributed by atoms with Gasteiger partial charge in [0.1, 0.15) is 11.6 Å². The van der Waals surface area contributed by atoms with Crippen molar-refractivity contribution in [1.29, 1.82) is 0 Å². The summed E-state index contributed by atoms with van der Waals surface area (Å²) >= 11 is 0. The molecule has 0 aromatic heterocycles. The van der Waals surface area contributed by atoms with Crippen LogP contribution in [0, 0.1) is 17.0 Å². The summed E-state index contributed by atoms with van der Waals surface area (Å²) in [5, 5.41) is 0. The Labute approximate surface area is 108 Å². The third-order valence-corrected chi connectivity index (χ3v) is 3.24. The van der Waals surface area contributed by atoms with E-state index in [0.717, 1.165) is 6.07 Å². The lowest BCUT2D eigenvalue weighted by atomic mass is 9.83. The second-order valence-corrected chi connectivity index (χ2v) is 5.72. The Morgan fingerprint density at radius 2 is 1.89 bits per heavy atom. The Kier molecular flexibility index (Phi) is 4.82. The molecule has 0 aliphatic carbocycles. The number of nitrogens with zero attached hydrogens (tertiary/aromatic N) is 1. The van der Waals surface area contributed by atoms with Gasteiger partial charge in [0.25, 0.3) is 0 Å². The molecule has 1 atom stereocenters. The molecular weight excluding hydrogens is 234 g/mol. The maximum atomic E-state index is 13.8. The van der Waals surface area contributed by atoms with Crippen LogP contribution in [0.25, 0.3) is 0 Å². The van der Waals surface area contributed by atoms with Crippen LogP contribution in [-0.4, -0.2) is 25.5 Å². The van der Waals surface area contributed by atoms with Crippen LogP contribution in [0.3, 0.4) is 0 Å². The van der Waals surface area contributed by atoms with Gasteiger partial charge in [-0.05, 0) is 50.7 Å². The predicted molar refractivity (Wildman–Crippen MR) is 70.2 cm³/mol. The summed E-state index contributed by atoms with van der Waals surface area (Å²) in [6.45, 7) is 4.57. The molecule has 2 nitrogen and oxygen atoms in total. The second kappa shape index (κ2) is 5.76. The molecule has 0 spiro atoms. The number of hydrogen-bond donors (Lipinski definition) is 1. The van der Waals surface area contributed by atoms with Crippen molar-refractivity contribution in [2.24, 2.45) is 11.1 Å². The van der Waals surface area contributed by atoms with Crippen LogP contribution in [0.5, 0.6) is 0 Å². The molecule has 0 radical (unpaired) electrons. The molecule has 0 aliphatic rings. The van der Waals surface area contributed by atoms with E-state index < -0.39 is 5.82 Å². The van der Waals surface area contributed by atoms with Gasteiger partial charge in [-0.1, -0.05) is 13.8 Å². The molecule has 0 bridgehead atoms. The van der Waals surface area contributed by atoms with Gasteiger partial charge in [-0.2, -0.15) is 0 Å². The first-order valence-corrected chi connectivity index (χ1v) is 6.08. The van der Waals surface area contributed by atoms with Gasteiger partial charge in [0.05, 0.1) is 0 Å². The third-order valence-electron chi connectivity index (χ3n) is 3.24. The van der Waals surface area contributed by atoms with Gasteiger partial charge in [-0.25, -0.2) is 8.78 Å². The van der Waals surface area contributed by atoms with Crippen molar-refractivity contribution in [3.05, 3.63) is 35.4 Å². The molecule has 0 saturated heterocycles. The Bertz CT molecular complexity index is 403. The summed E-state index contributed by atoms with van der Waals surface area (Å²) in [7, 11) is 3.73. The van der Waals surface area contributed by atoms with Gasteiger partial charge in [0.2, 0.25) is 0 Å². The predicted octanol–water partition coefficient (Wildman–Crippen LogP) is 2.94. The van der Waals surface area contributed by atoms with E-state index in [0.29, 0.717) is 18.5 Å². The number of hydrogen-bond acceptors (Lipinski definition) is 2. The van der Waals surface area contributed by atoms with E-state index in [1.807, 2.05) is 32.8 Å². The average molecular weight is 256 g/mol. The summed E-state index contributed by atoms with van der Waals surface area (Å²) in [6, 6.07) is 3.40. The zero-order valence-corrected chi connectivity index (χ0v) is 11.5. The summed E-state index contributed by atoms with van der Waals surface area (Å²) in [5.74, 6) is -0.785. The molecular formula is C14H22F2N2. The third kappa shape index (κ3) is 3.75. The summed E-state index contributed by atoms with van der Waals surface area (Å²) in [4.78, 5) is 1.90. The summed E-state index contributed by atoms with van der Waals surface area (Å²) in [5.41, 5.74) is 5.99. The first-order valence-electron chi connectivity index (χ1n) is 6.08. The van der Waals surface area contributed by atoms with Crippen LogP contribution < -0.4 is 5.73 Å². The fourth-order valence-corrected chi connectivity index (χ4v) is 1.95. The highest BCUT2D eigenvalue weighted by Crippen LogP contribution is 2.33. The van der Waals surface area contributed by atoms with Crippen molar-refractivity contribution in [3.63, 3.8) is 0 Å². The summed E-state index contributed by atoms with van der Waals surface area (Å²) < 4.78 is 27.1. The lowest BCUT2D eigenvalue weighted by molar-refractivity contribution is 0.198. The van der Waals surface area contributed by atoms with Crippen LogP contribution >= 0.6 is 0 Å². The molecule has 0 heterocycles. The Morgan fingerprint density at radius 3 is 2.39 bits per heavy atom. The molecule has 1 aromatic rings. The summed E-state index contributed by atoms with van der Waals surface area (Å²) in [6.07, 6.45) is 0.677. The molecule has 18 heavy (non-hydrogen) atoms. The molecule has 1 aromatic carbocycles. The first kappa shape index (κ1) is 15.1. The van der Waals surface area contributed by atoms with E-state index in [2.05, 4.69) is 0 Å². The van der Waals surface area contributed by atoms with Gasteiger partial charge in [0, 0.05) is 11.6 Å². The smallest absolute Gasteiger partial charge is 0.128 e. The van der Waals surface area contributed by atoms with E-state index >= 15 is 0 Å². The number of rotatable bonds is 5. The highest BCUT2D eigenvalue weighted by Gasteiger charge is 2.26. The topological polar surface area (TPSA) is 29.3 Å². The highest BCUT2D eigenvalue weighted by molar-refractivity contribution is 5.22. The molecule has 102 valence electrons. The molecule has 0 fully saturated rings. The molecule has 0 saturated carbocycles. The van der Waals surface area contributed by atoms with Crippen molar-refractivity contribution in [2.45, 2.75) is 26.3 Å². The quantitative estimate of drug-likeness (QED) is 0.877. The van der Waals surface area contributed by atoms with Gasteiger partial charge in [-0.3, -0.25) is 0 Å². The van der Waals surface area contributed by atoms with Crippen LogP contribution in [-0.2, 0) is 0 Å². The lowest BCUT2D eigenvalue weighted by Gasteiger charge is -2.33. The van der Waals surface area contributed by atoms with E-state index in [4.69, 9.17) is 5.73 Å². The first-order chi connectivity index (χ1) is 8.26. The maximum absolute atomic E-state index is 13.8. The van der Waals surface area contributed by atoms with E-state index in [-0.39, 0.29) is 17.3 Å². The monoisotopic (exact) mass is 256 g/mol. The van der Waals surface area contributed by atoms with Gasteiger partial charge in [-0.15, -0.1) is 0 Å². The molecule has 0 amide bonds. The van der Waals surface area contributed by atoms with Crippen molar-refractivity contribution in [1.82, 2.24) is 4.90 Å². The Hall–Kier alpha value is -1.00. The van der Waals surface area contributed by atoms with E-state index in [9.17, 15) is 8.78 Å². The zero-order valence-electron chi connectivity index (χ0n) is 11.5. The second-order valence-electron chi connectivity index (χ2n) is 5.72. The number of halogens is 2. The largest absolute Gasteiger partial charge is 0.330 e. The fourth-order valence-electron chi connectivity index (χ4n) is 1.95. The zero-order chi connectivity index (χ0) is 13.9. The SMILES string of the molecule is CN(C)C(CC(C)(C)CN)c1cc(F)ccc1F. The number of benzene rings is 1. The minimum absolute atomic E-state index is 0.117. The fraction of sp³-hybridized carbons (Fsp3) is 0.571. The Balaban J connectivity index is 3.09. The van der Waals surface area contributed by atoms with Crippen LogP contribution in [0.4, 0.5) is 8.78 Å². The highest BCUT2D eigenvalue weighted by atomic mass is 19.1. The van der Waals surface area contributed by atoms with Crippen molar-refractivity contribution >= 4 is 0 Å². The van der Waals surface area contributed by atoms with Crippen LogP contribution in [0.1, 0.15) is 31.9 Å². The van der Waals surface area contributed by atoms with Gasteiger partial charge in [0.15, 0.2) is 0 Å². The van der Waals surface area contributed by atoms with E-state index in [1.165, 1.54) is 12.1 Å². The van der Waals surface area contributed by atoms with Crippen LogP contribution in [0.15, 0.2) is 18.2 Å². The molecule has 1 rings (SSSR count). The minimum atomic E-state index is -0.413. The standard InChI is InChI=1S/C14H22F2N2/c1-14(2,9-17)8-13(18(3)4)11-7-10(15)5-6-12(11)16/h5-7,13H,8-9,17H2,1-4H3. The minimum Gasteiger partial charge on any atom is -0.330 e. The molecule has 2 N–H and O–H groups in total. The maximum Gasteiger partial charge on any atom is 0.128 e. The van der Waals surface area contributed by atoms with E-state index in [1.54, 1.807) is 0 Å². The Morgan fingerprint density at radius 1 is 1.28 bits per heavy atom. The van der Waals surface area contributed by atoms with Crippen molar-refractivity contribution < 1.29 is 8.78 Å². The number of nitrogens with two attached hydrogens (primary N) is 1. The van der Waals surface area contributed by atoms with Crippen molar-refractivity contribution in [2.75, 3.05) is 20.6 Å². The average Bonchev–Trinajstić information content (AvgIpc) is 2.29. The normalized spacial score (nSPS) is 14.0. The molecule has 0 aliphatic heterocycles. The van der Waals surface area contributed by atoms with Crippen LogP contribution in [0.2, 0.25) is 0 Å². The lowest BCUT2D eigenvalue weighted by Crippen LogP contribution is -2.31. The molecule has 1 unspecified atom stereocenters. The van der Waals surface area contributed by atoms with Gasteiger partial charge >= 0.3 is 0 Å². The molecule has 4 heteroatoms.